The van der Waals surface area contributed by atoms with Crippen LogP contribution in [0.5, 0.6) is 5.75 Å². The Morgan fingerprint density at radius 1 is 1.26 bits per heavy atom. The third kappa shape index (κ3) is 6.92. The van der Waals surface area contributed by atoms with Crippen molar-refractivity contribution in [1.29, 1.82) is 0 Å². The number of aliphatic carboxylic acids is 1. The third-order valence-corrected chi connectivity index (χ3v) is 4.31. The number of carbonyl (C=O) groups excluding carboxylic acids is 2. The maximum absolute atomic E-state index is 12.4. The molecule has 2 N–H and O–H groups in total. The highest BCUT2D eigenvalue weighted by atomic mass is 16.5. The molecule has 0 saturated heterocycles. The summed E-state index contributed by atoms with van der Waals surface area (Å²) in [6.07, 6.45) is 2.03. The molecule has 7 heteroatoms. The van der Waals surface area contributed by atoms with Crippen LogP contribution in [0.1, 0.15) is 45.1 Å². The maximum Gasteiger partial charge on any atom is 0.305 e. The molecule has 0 aliphatic carbocycles. The Hall–Kier alpha value is -2.57. The first-order chi connectivity index (χ1) is 12.8. The standard InChI is InChI=1S/C20H28N2O5/c1-14(2)13-22(10-9-20(25)26)19(24)4-3-11-27-16-6-7-17-15(12-16)5-8-18(23)21-17/h6-7,12,14H,3-5,8-11,13H2,1-2H3,(H,21,23)(H,25,26). The molecule has 27 heavy (non-hydrogen) atoms. The molecule has 7 nitrogen and oxygen atoms in total. The molecule has 0 saturated carbocycles. The van der Waals surface area contributed by atoms with Gasteiger partial charge in [-0.25, -0.2) is 0 Å². The average Bonchev–Trinajstić information content (AvgIpc) is 2.61. The van der Waals surface area contributed by atoms with Crippen LogP contribution in [-0.4, -0.2) is 47.5 Å². The Bertz CT molecular complexity index is 687. The second kappa shape index (κ2) is 9.94. The molecule has 1 aliphatic rings. The van der Waals surface area contributed by atoms with E-state index in [-0.39, 0.29) is 30.7 Å². The van der Waals surface area contributed by atoms with Crippen LogP contribution in [0.3, 0.4) is 0 Å². The van der Waals surface area contributed by atoms with E-state index in [4.69, 9.17) is 9.84 Å². The molecule has 1 aromatic rings. The summed E-state index contributed by atoms with van der Waals surface area (Å²) >= 11 is 0. The number of rotatable bonds is 10. The van der Waals surface area contributed by atoms with Gasteiger partial charge in [0.1, 0.15) is 5.75 Å². The van der Waals surface area contributed by atoms with E-state index in [1.165, 1.54) is 0 Å². The smallest absolute Gasteiger partial charge is 0.305 e. The van der Waals surface area contributed by atoms with Gasteiger partial charge in [0.25, 0.3) is 0 Å². The number of benzene rings is 1. The molecular weight excluding hydrogens is 348 g/mol. The highest BCUT2D eigenvalue weighted by Crippen LogP contribution is 2.26. The van der Waals surface area contributed by atoms with E-state index >= 15 is 0 Å². The molecule has 0 atom stereocenters. The summed E-state index contributed by atoms with van der Waals surface area (Å²) in [6.45, 7) is 5.21. The van der Waals surface area contributed by atoms with Gasteiger partial charge in [-0.3, -0.25) is 14.4 Å². The van der Waals surface area contributed by atoms with Crippen molar-refractivity contribution in [2.75, 3.05) is 25.0 Å². The largest absolute Gasteiger partial charge is 0.494 e. The highest BCUT2D eigenvalue weighted by molar-refractivity contribution is 5.94. The minimum absolute atomic E-state index is 0.0310. The van der Waals surface area contributed by atoms with Crippen molar-refractivity contribution in [3.63, 3.8) is 0 Å². The van der Waals surface area contributed by atoms with Crippen molar-refractivity contribution in [2.24, 2.45) is 5.92 Å². The fourth-order valence-electron chi connectivity index (χ4n) is 3.01. The second-order valence-corrected chi connectivity index (χ2v) is 7.20. The molecular formula is C20H28N2O5. The maximum atomic E-state index is 12.4. The molecule has 0 fully saturated rings. The van der Waals surface area contributed by atoms with Crippen molar-refractivity contribution < 1.29 is 24.2 Å². The first-order valence-corrected chi connectivity index (χ1v) is 9.40. The zero-order chi connectivity index (χ0) is 19.8. The number of carboxylic acids is 1. The number of hydrogen-bond donors (Lipinski definition) is 2. The van der Waals surface area contributed by atoms with Crippen molar-refractivity contribution >= 4 is 23.5 Å². The van der Waals surface area contributed by atoms with Crippen molar-refractivity contribution in [1.82, 2.24) is 4.90 Å². The van der Waals surface area contributed by atoms with Crippen LogP contribution in [0.15, 0.2) is 18.2 Å². The molecule has 148 valence electrons. The van der Waals surface area contributed by atoms with E-state index < -0.39 is 5.97 Å². The van der Waals surface area contributed by atoms with E-state index in [1.807, 2.05) is 32.0 Å². The van der Waals surface area contributed by atoms with Crippen molar-refractivity contribution in [3.8, 4) is 5.75 Å². The second-order valence-electron chi connectivity index (χ2n) is 7.20. The number of aryl methyl sites for hydroxylation is 1. The van der Waals surface area contributed by atoms with Gasteiger partial charge < -0.3 is 20.1 Å². The lowest BCUT2D eigenvalue weighted by molar-refractivity contribution is -0.138. The average molecular weight is 376 g/mol. The number of ether oxygens (including phenoxy) is 1. The zero-order valence-corrected chi connectivity index (χ0v) is 16.0. The molecule has 1 heterocycles. The molecule has 1 aromatic carbocycles. The number of carbonyl (C=O) groups is 3. The van der Waals surface area contributed by atoms with E-state index in [0.717, 1.165) is 17.0 Å². The Morgan fingerprint density at radius 2 is 2.04 bits per heavy atom. The lowest BCUT2D eigenvalue weighted by Crippen LogP contribution is -2.36. The summed E-state index contributed by atoms with van der Waals surface area (Å²) in [6, 6.07) is 5.57. The molecule has 0 spiro atoms. The number of amides is 2. The van der Waals surface area contributed by atoms with Gasteiger partial charge in [0.05, 0.1) is 13.0 Å². The number of nitrogens with zero attached hydrogens (tertiary/aromatic N) is 1. The van der Waals surface area contributed by atoms with Crippen molar-refractivity contribution in [2.45, 2.75) is 46.0 Å². The summed E-state index contributed by atoms with van der Waals surface area (Å²) in [5.41, 5.74) is 1.89. The van der Waals surface area contributed by atoms with E-state index in [9.17, 15) is 14.4 Å². The Kier molecular flexibility index (Phi) is 7.64. The van der Waals surface area contributed by atoms with Gasteiger partial charge in [0.2, 0.25) is 11.8 Å². The van der Waals surface area contributed by atoms with Gasteiger partial charge in [0, 0.05) is 31.6 Å². The van der Waals surface area contributed by atoms with Gasteiger partial charge >= 0.3 is 5.97 Å². The Balaban J connectivity index is 1.78. The summed E-state index contributed by atoms with van der Waals surface area (Å²) < 4.78 is 5.73. The monoisotopic (exact) mass is 376 g/mol. The number of nitrogens with one attached hydrogen (secondary N) is 1. The lowest BCUT2D eigenvalue weighted by Gasteiger charge is -2.24. The summed E-state index contributed by atoms with van der Waals surface area (Å²) in [5, 5.41) is 11.7. The topological polar surface area (TPSA) is 95.9 Å². The first-order valence-electron chi connectivity index (χ1n) is 9.40. The highest BCUT2D eigenvalue weighted by Gasteiger charge is 2.17. The number of fused-ring (bicyclic) bond motifs is 1. The minimum atomic E-state index is -0.900. The molecule has 0 radical (unpaired) electrons. The molecule has 0 bridgehead atoms. The third-order valence-electron chi connectivity index (χ3n) is 4.31. The van der Waals surface area contributed by atoms with E-state index in [1.54, 1.807) is 4.90 Å². The fourth-order valence-corrected chi connectivity index (χ4v) is 3.01. The molecule has 2 amide bonds. The van der Waals surface area contributed by atoms with Crippen LogP contribution in [0.4, 0.5) is 5.69 Å². The summed E-state index contributed by atoms with van der Waals surface area (Å²) in [5.74, 6) is 0.103. The SMILES string of the molecule is CC(C)CN(CCC(=O)O)C(=O)CCCOc1ccc2c(c1)CCC(=O)N2. The Labute approximate surface area is 159 Å². The Morgan fingerprint density at radius 3 is 2.74 bits per heavy atom. The number of anilines is 1. The van der Waals surface area contributed by atoms with Crippen LogP contribution < -0.4 is 10.1 Å². The summed E-state index contributed by atoms with van der Waals surface area (Å²) in [7, 11) is 0. The summed E-state index contributed by atoms with van der Waals surface area (Å²) in [4.78, 5) is 36.1. The van der Waals surface area contributed by atoms with Crippen LogP contribution in [0.25, 0.3) is 0 Å². The number of carboxylic acid groups (broad SMARTS) is 1. The lowest BCUT2D eigenvalue weighted by atomic mass is 10.0. The minimum Gasteiger partial charge on any atom is -0.494 e. The van der Waals surface area contributed by atoms with E-state index in [0.29, 0.717) is 38.8 Å². The molecule has 2 rings (SSSR count). The normalized spacial score (nSPS) is 13.1. The van der Waals surface area contributed by atoms with E-state index in [2.05, 4.69) is 5.32 Å². The van der Waals surface area contributed by atoms with Gasteiger partial charge in [-0.1, -0.05) is 13.8 Å². The molecule has 1 aliphatic heterocycles. The zero-order valence-electron chi connectivity index (χ0n) is 16.0. The van der Waals surface area contributed by atoms with Gasteiger partial charge in [-0.05, 0) is 42.5 Å². The van der Waals surface area contributed by atoms with Gasteiger partial charge in [-0.15, -0.1) is 0 Å². The predicted octanol–water partition coefficient (Wildman–Crippen LogP) is 2.69. The number of hydrogen-bond acceptors (Lipinski definition) is 4. The van der Waals surface area contributed by atoms with Gasteiger partial charge in [0.15, 0.2) is 0 Å². The molecule has 0 aromatic heterocycles. The van der Waals surface area contributed by atoms with Crippen LogP contribution in [0, 0.1) is 5.92 Å². The quantitative estimate of drug-likeness (QED) is 0.612. The van der Waals surface area contributed by atoms with Crippen LogP contribution >= 0.6 is 0 Å². The van der Waals surface area contributed by atoms with Gasteiger partial charge in [-0.2, -0.15) is 0 Å². The van der Waals surface area contributed by atoms with Crippen molar-refractivity contribution in [3.05, 3.63) is 23.8 Å². The fraction of sp³-hybridized carbons (Fsp3) is 0.550. The predicted molar refractivity (Wildman–Crippen MR) is 102 cm³/mol. The van der Waals surface area contributed by atoms with Crippen LogP contribution in [0.2, 0.25) is 0 Å². The first kappa shape index (κ1) is 20.7. The molecule has 0 unspecified atom stereocenters. The van der Waals surface area contributed by atoms with Crippen LogP contribution in [-0.2, 0) is 20.8 Å².